The van der Waals surface area contributed by atoms with Crippen LogP contribution in [-0.2, 0) is 6.54 Å². The summed E-state index contributed by atoms with van der Waals surface area (Å²) in [6, 6.07) is 4.72. The summed E-state index contributed by atoms with van der Waals surface area (Å²) in [4.78, 5) is 25.4. The molecule has 5 nitrogen and oxygen atoms in total. The summed E-state index contributed by atoms with van der Waals surface area (Å²) < 4.78 is 1.68. The molecule has 19 heavy (non-hydrogen) atoms. The number of imidazole rings is 1. The van der Waals surface area contributed by atoms with Gasteiger partial charge in [-0.05, 0) is 24.6 Å². The second kappa shape index (κ2) is 5.73. The summed E-state index contributed by atoms with van der Waals surface area (Å²) in [6.07, 6.45) is 4.38. The lowest BCUT2D eigenvalue weighted by molar-refractivity contribution is 0.0697. The van der Waals surface area contributed by atoms with Crippen molar-refractivity contribution in [2.75, 3.05) is 0 Å². The molecule has 0 aliphatic heterocycles. The van der Waals surface area contributed by atoms with Gasteiger partial charge < -0.3 is 10.1 Å². The average Bonchev–Trinajstić information content (AvgIpc) is 2.69. The summed E-state index contributed by atoms with van der Waals surface area (Å²) in [6.45, 7) is 2.82. The molecular formula is C14H18N2O3. The number of fused-ring (bicyclic) bond motifs is 1. The number of carboxylic acids is 1. The van der Waals surface area contributed by atoms with E-state index in [4.69, 9.17) is 5.11 Å². The lowest BCUT2D eigenvalue weighted by Gasteiger charge is -2.03. The van der Waals surface area contributed by atoms with E-state index in [1.165, 1.54) is 18.6 Å². The third-order valence-electron chi connectivity index (χ3n) is 3.26. The first kappa shape index (κ1) is 13.4. The van der Waals surface area contributed by atoms with E-state index in [0.717, 1.165) is 24.8 Å². The van der Waals surface area contributed by atoms with Crippen molar-refractivity contribution < 1.29 is 9.90 Å². The topological polar surface area (TPSA) is 75.1 Å². The van der Waals surface area contributed by atoms with Gasteiger partial charge in [-0.2, -0.15) is 0 Å². The monoisotopic (exact) mass is 262 g/mol. The van der Waals surface area contributed by atoms with Crippen LogP contribution >= 0.6 is 0 Å². The van der Waals surface area contributed by atoms with Crippen molar-refractivity contribution >= 4 is 17.0 Å². The van der Waals surface area contributed by atoms with Crippen LogP contribution in [0.5, 0.6) is 0 Å². The first-order valence-corrected chi connectivity index (χ1v) is 6.59. The van der Waals surface area contributed by atoms with Crippen LogP contribution in [0.25, 0.3) is 11.0 Å². The average molecular weight is 262 g/mol. The fourth-order valence-electron chi connectivity index (χ4n) is 2.22. The number of nitrogens with one attached hydrogen (secondary N) is 1. The molecule has 0 saturated heterocycles. The Labute approximate surface area is 110 Å². The number of H-pyrrole nitrogens is 1. The van der Waals surface area contributed by atoms with E-state index in [2.05, 4.69) is 11.9 Å². The van der Waals surface area contributed by atoms with Gasteiger partial charge in [0.1, 0.15) is 0 Å². The molecule has 2 aromatic rings. The van der Waals surface area contributed by atoms with Crippen molar-refractivity contribution in [2.45, 2.75) is 39.2 Å². The van der Waals surface area contributed by atoms with Gasteiger partial charge >= 0.3 is 11.7 Å². The molecular weight excluding hydrogens is 244 g/mol. The molecule has 0 spiro atoms. The molecule has 2 N–H and O–H groups in total. The number of carboxylic acid groups (broad SMARTS) is 1. The Morgan fingerprint density at radius 2 is 2.11 bits per heavy atom. The number of nitrogens with zero attached hydrogens (tertiary/aromatic N) is 1. The van der Waals surface area contributed by atoms with Gasteiger partial charge in [-0.1, -0.05) is 26.2 Å². The fourth-order valence-corrected chi connectivity index (χ4v) is 2.22. The van der Waals surface area contributed by atoms with Gasteiger partial charge in [0.05, 0.1) is 16.6 Å². The van der Waals surface area contributed by atoms with Gasteiger partial charge in [0, 0.05) is 6.54 Å². The zero-order valence-electron chi connectivity index (χ0n) is 11.0. The van der Waals surface area contributed by atoms with E-state index in [-0.39, 0.29) is 11.3 Å². The Balaban J connectivity index is 2.27. The highest BCUT2D eigenvalue weighted by atomic mass is 16.4. The predicted octanol–water partition coefficient (Wildman–Crippen LogP) is 2.61. The maximum atomic E-state index is 11.8. The van der Waals surface area contributed by atoms with E-state index in [1.807, 2.05) is 0 Å². The lowest BCUT2D eigenvalue weighted by atomic mass is 10.2. The van der Waals surface area contributed by atoms with Crippen molar-refractivity contribution in [1.29, 1.82) is 0 Å². The molecule has 0 atom stereocenters. The van der Waals surface area contributed by atoms with Crippen LogP contribution in [0.3, 0.4) is 0 Å². The lowest BCUT2D eigenvalue weighted by Crippen LogP contribution is -2.16. The molecule has 1 aromatic heterocycles. The third-order valence-corrected chi connectivity index (χ3v) is 3.26. The molecule has 0 unspecified atom stereocenters. The molecule has 0 amide bonds. The van der Waals surface area contributed by atoms with Crippen molar-refractivity contribution in [3.05, 3.63) is 34.2 Å². The summed E-state index contributed by atoms with van der Waals surface area (Å²) in [5.41, 5.74) is 1.37. The Hall–Kier alpha value is -2.04. The minimum Gasteiger partial charge on any atom is -0.478 e. The van der Waals surface area contributed by atoms with Gasteiger partial charge in [-0.15, -0.1) is 0 Å². The summed E-state index contributed by atoms with van der Waals surface area (Å²) >= 11 is 0. The minimum absolute atomic E-state index is 0.172. The van der Waals surface area contributed by atoms with Gasteiger partial charge in [0.15, 0.2) is 0 Å². The molecule has 2 rings (SSSR count). The van der Waals surface area contributed by atoms with Crippen molar-refractivity contribution in [2.24, 2.45) is 0 Å². The Kier molecular flexibility index (Phi) is 4.04. The van der Waals surface area contributed by atoms with Crippen LogP contribution < -0.4 is 5.69 Å². The highest BCUT2D eigenvalue weighted by Gasteiger charge is 2.09. The number of hydrogen-bond acceptors (Lipinski definition) is 2. The molecule has 1 heterocycles. The quantitative estimate of drug-likeness (QED) is 0.786. The van der Waals surface area contributed by atoms with Gasteiger partial charge in [0.25, 0.3) is 0 Å². The Morgan fingerprint density at radius 1 is 1.32 bits per heavy atom. The number of unbranched alkanes of at least 4 members (excludes halogenated alkanes) is 3. The number of aromatic carboxylic acids is 1. The Morgan fingerprint density at radius 3 is 2.79 bits per heavy atom. The molecule has 0 fully saturated rings. The first-order valence-electron chi connectivity index (χ1n) is 6.59. The number of rotatable bonds is 6. The minimum atomic E-state index is -0.988. The SMILES string of the molecule is CCCCCCn1c(=O)[nH]c2cc(C(=O)O)ccc21. The maximum absolute atomic E-state index is 11.8. The standard InChI is InChI=1S/C14H18N2O3/c1-2-3-4-5-8-16-12-7-6-10(13(17)18)9-11(12)15-14(16)19/h6-7,9H,2-5,8H2,1H3,(H,15,19)(H,17,18). The molecule has 0 aliphatic rings. The van der Waals surface area contributed by atoms with Crippen molar-refractivity contribution in [3.8, 4) is 0 Å². The summed E-state index contributed by atoms with van der Waals surface area (Å²) in [5, 5.41) is 8.92. The van der Waals surface area contributed by atoms with Gasteiger partial charge in [-0.25, -0.2) is 9.59 Å². The van der Waals surface area contributed by atoms with E-state index >= 15 is 0 Å². The number of aromatic amines is 1. The highest BCUT2D eigenvalue weighted by molar-refractivity contribution is 5.92. The molecule has 0 radical (unpaired) electrons. The second-order valence-corrected chi connectivity index (χ2v) is 4.68. The number of hydrogen-bond donors (Lipinski definition) is 2. The summed E-state index contributed by atoms with van der Waals surface area (Å²) in [5.74, 6) is -0.988. The number of benzene rings is 1. The van der Waals surface area contributed by atoms with Crippen LogP contribution in [0.15, 0.2) is 23.0 Å². The van der Waals surface area contributed by atoms with Crippen LogP contribution in [0.4, 0.5) is 0 Å². The molecule has 0 bridgehead atoms. The van der Waals surface area contributed by atoms with Crippen LogP contribution in [0.1, 0.15) is 43.0 Å². The van der Waals surface area contributed by atoms with E-state index in [0.29, 0.717) is 12.1 Å². The van der Waals surface area contributed by atoms with Crippen molar-refractivity contribution in [1.82, 2.24) is 9.55 Å². The number of aromatic nitrogens is 2. The number of carbonyl (C=O) groups is 1. The zero-order valence-corrected chi connectivity index (χ0v) is 11.0. The molecule has 0 aliphatic carbocycles. The highest BCUT2D eigenvalue weighted by Crippen LogP contribution is 2.14. The molecule has 1 aromatic carbocycles. The smallest absolute Gasteiger partial charge is 0.335 e. The number of aryl methyl sites for hydroxylation is 1. The first-order chi connectivity index (χ1) is 9.13. The molecule has 0 saturated carbocycles. The summed E-state index contributed by atoms with van der Waals surface area (Å²) in [7, 11) is 0. The third kappa shape index (κ3) is 2.86. The maximum Gasteiger partial charge on any atom is 0.335 e. The largest absolute Gasteiger partial charge is 0.478 e. The molecule has 102 valence electrons. The van der Waals surface area contributed by atoms with E-state index in [1.54, 1.807) is 10.6 Å². The Bertz CT molecular complexity index is 640. The fraction of sp³-hybridized carbons (Fsp3) is 0.429. The second-order valence-electron chi connectivity index (χ2n) is 4.68. The van der Waals surface area contributed by atoms with Gasteiger partial charge in [0.2, 0.25) is 0 Å². The normalized spacial score (nSPS) is 11.0. The van der Waals surface area contributed by atoms with Crippen LogP contribution in [0, 0.1) is 0 Å². The van der Waals surface area contributed by atoms with Crippen LogP contribution in [-0.4, -0.2) is 20.6 Å². The van der Waals surface area contributed by atoms with Crippen LogP contribution in [0.2, 0.25) is 0 Å². The van der Waals surface area contributed by atoms with Crippen molar-refractivity contribution in [3.63, 3.8) is 0 Å². The zero-order chi connectivity index (χ0) is 13.8. The van der Waals surface area contributed by atoms with E-state index in [9.17, 15) is 9.59 Å². The van der Waals surface area contributed by atoms with Gasteiger partial charge in [-0.3, -0.25) is 4.57 Å². The van der Waals surface area contributed by atoms with E-state index < -0.39 is 5.97 Å². The predicted molar refractivity (Wildman–Crippen MR) is 73.7 cm³/mol. The molecule has 5 heteroatoms.